The van der Waals surface area contributed by atoms with Crippen LogP contribution in [-0.2, 0) is 10.0 Å². The standard InChI is InChI=1S/C12H18BrClN2O2S/c1-7(12(2,3)4)16-19(17,18)10-6-8(14)5-9(15)11(10)13/h5-7,16H,15H2,1-4H3. The average Bonchev–Trinajstić information content (AvgIpc) is 2.21. The second-order valence-corrected chi connectivity index (χ2v) is 8.43. The fourth-order valence-electron chi connectivity index (χ4n) is 1.25. The van der Waals surface area contributed by atoms with Crippen LogP contribution in [0.2, 0.25) is 5.02 Å². The van der Waals surface area contributed by atoms with E-state index < -0.39 is 10.0 Å². The molecule has 108 valence electrons. The summed E-state index contributed by atoms with van der Waals surface area (Å²) >= 11 is 9.05. The molecule has 0 aliphatic rings. The first kappa shape index (κ1) is 16.8. The summed E-state index contributed by atoms with van der Waals surface area (Å²) in [6.45, 7) is 7.70. The Morgan fingerprint density at radius 3 is 2.37 bits per heavy atom. The van der Waals surface area contributed by atoms with Crippen LogP contribution >= 0.6 is 27.5 Å². The van der Waals surface area contributed by atoms with Crippen molar-refractivity contribution < 1.29 is 8.42 Å². The Kier molecular flexibility index (Phi) is 4.93. The molecule has 0 fully saturated rings. The van der Waals surface area contributed by atoms with Gasteiger partial charge in [-0.2, -0.15) is 0 Å². The molecule has 1 atom stereocenters. The summed E-state index contributed by atoms with van der Waals surface area (Å²) in [5, 5.41) is 0.282. The SMILES string of the molecule is CC(NS(=O)(=O)c1cc(Cl)cc(N)c1Br)C(C)(C)C. The maximum absolute atomic E-state index is 12.4. The summed E-state index contributed by atoms with van der Waals surface area (Å²) in [5.74, 6) is 0. The molecule has 0 aliphatic heterocycles. The summed E-state index contributed by atoms with van der Waals surface area (Å²) in [5.41, 5.74) is 5.81. The molecule has 1 aromatic carbocycles. The van der Waals surface area contributed by atoms with Gasteiger partial charge in [0.15, 0.2) is 0 Å². The number of nitrogen functional groups attached to an aromatic ring is 1. The third kappa shape index (κ3) is 4.08. The first-order valence-electron chi connectivity index (χ1n) is 5.72. The number of anilines is 1. The summed E-state index contributed by atoms with van der Waals surface area (Å²) in [7, 11) is -3.68. The lowest BCUT2D eigenvalue weighted by Crippen LogP contribution is -2.41. The van der Waals surface area contributed by atoms with Crippen LogP contribution in [0.5, 0.6) is 0 Å². The van der Waals surface area contributed by atoms with Crippen LogP contribution in [0, 0.1) is 5.41 Å². The third-order valence-electron chi connectivity index (χ3n) is 2.95. The van der Waals surface area contributed by atoms with Crippen molar-refractivity contribution in [1.29, 1.82) is 0 Å². The molecule has 0 saturated heterocycles. The molecule has 4 nitrogen and oxygen atoms in total. The van der Waals surface area contributed by atoms with Crippen LogP contribution in [0.15, 0.2) is 21.5 Å². The lowest BCUT2D eigenvalue weighted by atomic mass is 9.89. The first-order chi connectivity index (χ1) is 8.45. The van der Waals surface area contributed by atoms with Gasteiger partial charge >= 0.3 is 0 Å². The lowest BCUT2D eigenvalue weighted by molar-refractivity contribution is 0.317. The van der Waals surface area contributed by atoms with Crippen molar-refractivity contribution in [3.05, 3.63) is 21.6 Å². The van der Waals surface area contributed by atoms with Gasteiger partial charge in [-0.05, 0) is 40.4 Å². The monoisotopic (exact) mass is 368 g/mol. The topological polar surface area (TPSA) is 72.2 Å². The maximum Gasteiger partial charge on any atom is 0.242 e. The molecule has 0 amide bonds. The van der Waals surface area contributed by atoms with Gasteiger partial charge in [-0.15, -0.1) is 0 Å². The number of benzene rings is 1. The Morgan fingerprint density at radius 1 is 1.37 bits per heavy atom. The molecule has 1 unspecified atom stereocenters. The van der Waals surface area contributed by atoms with E-state index in [1.165, 1.54) is 12.1 Å². The van der Waals surface area contributed by atoms with Crippen LogP contribution in [0.4, 0.5) is 5.69 Å². The zero-order valence-electron chi connectivity index (χ0n) is 11.3. The van der Waals surface area contributed by atoms with Crippen molar-refractivity contribution in [2.45, 2.75) is 38.6 Å². The molecule has 0 radical (unpaired) electrons. The van der Waals surface area contributed by atoms with E-state index in [1.807, 2.05) is 27.7 Å². The van der Waals surface area contributed by atoms with Gasteiger partial charge in [0.25, 0.3) is 0 Å². The molecular formula is C12H18BrClN2O2S. The van der Waals surface area contributed by atoms with Gasteiger partial charge in [0.1, 0.15) is 0 Å². The Bertz CT molecular complexity index is 582. The molecule has 0 aliphatic carbocycles. The number of halogens is 2. The van der Waals surface area contributed by atoms with Crippen molar-refractivity contribution in [2.75, 3.05) is 5.73 Å². The third-order valence-corrected chi connectivity index (χ3v) is 5.88. The van der Waals surface area contributed by atoms with Gasteiger partial charge in [-0.1, -0.05) is 32.4 Å². The molecule has 0 saturated carbocycles. The van der Waals surface area contributed by atoms with Crippen molar-refractivity contribution in [2.24, 2.45) is 5.41 Å². The van der Waals surface area contributed by atoms with Crippen LogP contribution < -0.4 is 10.5 Å². The fourth-order valence-corrected chi connectivity index (χ4v) is 3.99. The minimum Gasteiger partial charge on any atom is -0.398 e. The molecule has 0 bridgehead atoms. The van der Waals surface area contributed by atoms with Gasteiger partial charge in [-0.3, -0.25) is 0 Å². The largest absolute Gasteiger partial charge is 0.398 e. The maximum atomic E-state index is 12.4. The quantitative estimate of drug-likeness (QED) is 0.802. The molecule has 3 N–H and O–H groups in total. The number of rotatable bonds is 3. The average molecular weight is 370 g/mol. The van der Waals surface area contributed by atoms with E-state index in [9.17, 15) is 8.42 Å². The van der Waals surface area contributed by atoms with E-state index in [0.29, 0.717) is 4.47 Å². The molecule has 1 rings (SSSR count). The van der Waals surface area contributed by atoms with E-state index >= 15 is 0 Å². The van der Waals surface area contributed by atoms with E-state index in [4.69, 9.17) is 17.3 Å². The summed E-state index contributed by atoms with van der Waals surface area (Å²) < 4.78 is 27.7. The van der Waals surface area contributed by atoms with Gasteiger partial charge in [0.05, 0.1) is 9.37 Å². The van der Waals surface area contributed by atoms with Crippen LogP contribution in [-0.4, -0.2) is 14.5 Å². The minimum atomic E-state index is -3.68. The molecule has 0 heterocycles. The van der Waals surface area contributed by atoms with Crippen LogP contribution in [0.3, 0.4) is 0 Å². The van der Waals surface area contributed by atoms with Crippen LogP contribution in [0.1, 0.15) is 27.7 Å². The van der Waals surface area contributed by atoms with Crippen molar-refractivity contribution in [3.8, 4) is 0 Å². The summed E-state index contributed by atoms with van der Waals surface area (Å²) in [4.78, 5) is 0.0496. The Labute approximate surface area is 127 Å². The smallest absolute Gasteiger partial charge is 0.242 e. The van der Waals surface area contributed by atoms with Crippen molar-refractivity contribution >= 4 is 43.2 Å². The number of nitrogens with one attached hydrogen (secondary N) is 1. The van der Waals surface area contributed by atoms with Gasteiger partial charge in [0.2, 0.25) is 10.0 Å². The minimum absolute atomic E-state index is 0.0496. The van der Waals surface area contributed by atoms with E-state index in [0.717, 1.165) is 0 Å². The van der Waals surface area contributed by atoms with Crippen LogP contribution in [0.25, 0.3) is 0 Å². The highest BCUT2D eigenvalue weighted by Crippen LogP contribution is 2.32. The van der Waals surface area contributed by atoms with Crippen molar-refractivity contribution in [1.82, 2.24) is 4.72 Å². The number of sulfonamides is 1. The molecule has 19 heavy (non-hydrogen) atoms. The van der Waals surface area contributed by atoms with E-state index in [-0.39, 0.29) is 27.1 Å². The molecule has 0 spiro atoms. The second kappa shape index (κ2) is 5.60. The molecule has 0 aromatic heterocycles. The molecule has 1 aromatic rings. The predicted molar refractivity (Wildman–Crippen MR) is 82.8 cm³/mol. The summed E-state index contributed by atoms with van der Waals surface area (Å²) in [6.07, 6.45) is 0. The predicted octanol–water partition coefficient (Wildman–Crippen LogP) is 3.40. The van der Waals surface area contributed by atoms with E-state index in [1.54, 1.807) is 0 Å². The highest BCUT2D eigenvalue weighted by atomic mass is 79.9. The molecular weight excluding hydrogens is 352 g/mol. The van der Waals surface area contributed by atoms with Gasteiger partial charge in [0, 0.05) is 16.8 Å². The summed E-state index contributed by atoms with van der Waals surface area (Å²) in [6, 6.07) is 2.64. The zero-order chi connectivity index (χ0) is 15.0. The van der Waals surface area contributed by atoms with Gasteiger partial charge in [-0.25, -0.2) is 13.1 Å². The fraction of sp³-hybridized carbons (Fsp3) is 0.500. The Balaban J connectivity index is 3.22. The highest BCUT2D eigenvalue weighted by molar-refractivity contribution is 9.10. The van der Waals surface area contributed by atoms with Gasteiger partial charge < -0.3 is 5.73 Å². The number of nitrogens with two attached hydrogens (primary N) is 1. The van der Waals surface area contributed by atoms with E-state index in [2.05, 4.69) is 20.7 Å². The zero-order valence-corrected chi connectivity index (χ0v) is 14.4. The number of hydrogen-bond acceptors (Lipinski definition) is 3. The lowest BCUT2D eigenvalue weighted by Gasteiger charge is -2.28. The second-order valence-electron chi connectivity index (χ2n) is 5.52. The number of hydrogen-bond donors (Lipinski definition) is 2. The normalized spacial score (nSPS) is 14.4. The Morgan fingerprint density at radius 2 is 1.89 bits per heavy atom. The van der Waals surface area contributed by atoms with Crippen molar-refractivity contribution in [3.63, 3.8) is 0 Å². The Hall–Kier alpha value is -0.300. The first-order valence-corrected chi connectivity index (χ1v) is 8.37. The highest BCUT2D eigenvalue weighted by Gasteiger charge is 2.28. The molecule has 7 heteroatoms.